The number of ether oxygens (including phenoxy) is 4. The van der Waals surface area contributed by atoms with Crippen molar-refractivity contribution < 1.29 is 28.8 Å². The summed E-state index contributed by atoms with van der Waals surface area (Å²) in [6.45, 7) is 10.2. The van der Waals surface area contributed by atoms with E-state index in [0.29, 0.717) is 29.9 Å². The van der Waals surface area contributed by atoms with Crippen molar-refractivity contribution in [2.75, 3.05) is 34.3 Å². The standard InChI is InChI=1S/C32H40N4O6/c1-15(2)32(38)34-12-24-26-20(28(37)18(5)30-31(26)42-14-41-30)10-22-27-25-19(8-16(3)17(4)29(25)40-13-39-7)9-21(35(27)6)23(11-33)36(22)24/h8,15,21-24,27,37H,9-10,12-14H2,1-7H3,(H,34,38)/t21-,22?,23+,24+,27+/m1/s1. The second-order valence-electron chi connectivity index (χ2n) is 12.3. The molecule has 224 valence electrons. The van der Waals surface area contributed by atoms with Crippen molar-refractivity contribution in [2.45, 2.75) is 77.7 Å². The molecule has 2 aromatic rings. The van der Waals surface area contributed by atoms with Gasteiger partial charge in [-0.3, -0.25) is 14.6 Å². The topological polar surface area (TPSA) is 117 Å². The molecule has 2 N–H and O–H groups in total. The second kappa shape index (κ2) is 10.6. The van der Waals surface area contributed by atoms with Crippen LogP contribution in [0.3, 0.4) is 0 Å². The molecule has 6 rings (SSSR count). The summed E-state index contributed by atoms with van der Waals surface area (Å²) < 4.78 is 23.4. The summed E-state index contributed by atoms with van der Waals surface area (Å²) in [5, 5.41) is 25.5. The minimum atomic E-state index is -0.468. The van der Waals surface area contributed by atoms with E-state index in [2.05, 4.69) is 48.1 Å². The van der Waals surface area contributed by atoms with E-state index >= 15 is 0 Å². The Hall–Kier alpha value is -3.52. The van der Waals surface area contributed by atoms with Crippen LogP contribution in [0.25, 0.3) is 0 Å². The number of nitrogens with one attached hydrogen (secondary N) is 1. The van der Waals surface area contributed by atoms with Gasteiger partial charge in [0.25, 0.3) is 0 Å². The van der Waals surface area contributed by atoms with E-state index < -0.39 is 12.1 Å². The number of hydrogen-bond donors (Lipinski definition) is 2. The number of nitrogens with zero attached hydrogens (tertiary/aromatic N) is 3. The van der Waals surface area contributed by atoms with Gasteiger partial charge in [0.15, 0.2) is 18.3 Å². The van der Waals surface area contributed by atoms with Crippen LogP contribution in [0.4, 0.5) is 0 Å². The number of phenolic OH excluding ortho intramolecular Hbond substituents is 1. The molecule has 1 amide bonds. The lowest BCUT2D eigenvalue weighted by atomic mass is 9.71. The number of benzene rings is 2. The van der Waals surface area contributed by atoms with E-state index in [9.17, 15) is 15.2 Å². The maximum Gasteiger partial charge on any atom is 0.231 e. The van der Waals surface area contributed by atoms with Crippen molar-refractivity contribution in [1.29, 1.82) is 5.26 Å². The zero-order valence-electron chi connectivity index (χ0n) is 25.4. The molecule has 0 aromatic heterocycles. The van der Waals surface area contributed by atoms with E-state index in [-0.39, 0.29) is 55.8 Å². The van der Waals surface area contributed by atoms with Crippen molar-refractivity contribution in [3.8, 4) is 29.1 Å². The quantitative estimate of drug-likeness (QED) is 0.498. The van der Waals surface area contributed by atoms with Gasteiger partial charge in [-0.15, -0.1) is 0 Å². The molecule has 1 unspecified atom stereocenters. The molecular formula is C32H40N4O6. The Labute approximate surface area is 247 Å². The van der Waals surface area contributed by atoms with E-state index in [0.717, 1.165) is 33.6 Å². The van der Waals surface area contributed by atoms with Crippen molar-refractivity contribution in [2.24, 2.45) is 5.92 Å². The average Bonchev–Trinajstić information content (AvgIpc) is 3.45. The largest absolute Gasteiger partial charge is 0.507 e. The molecule has 0 aliphatic carbocycles. The minimum Gasteiger partial charge on any atom is -0.507 e. The number of carbonyl (C=O) groups is 1. The van der Waals surface area contributed by atoms with Crippen LogP contribution in [-0.4, -0.2) is 73.2 Å². The van der Waals surface area contributed by atoms with Crippen LogP contribution in [0.5, 0.6) is 23.0 Å². The fourth-order valence-electron chi connectivity index (χ4n) is 7.59. The summed E-state index contributed by atoms with van der Waals surface area (Å²) in [5.41, 5.74) is 6.69. The van der Waals surface area contributed by atoms with Crippen LogP contribution in [0.2, 0.25) is 0 Å². The Morgan fingerprint density at radius 1 is 1.17 bits per heavy atom. The number of aromatic hydroxyl groups is 1. The average molecular weight is 577 g/mol. The van der Waals surface area contributed by atoms with Gasteiger partial charge < -0.3 is 29.4 Å². The predicted octanol–water partition coefficient (Wildman–Crippen LogP) is 3.57. The van der Waals surface area contributed by atoms with Gasteiger partial charge in [-0.05, 0) is 57.4 Å². The third kappa shape index (κ3) is 4.13. The number of hydrogen-bond acceptors (Lipinski definition) is 9. The Morgan fingerprint density at radius 3 is 2.60 bits per heavy atom. The van der Waals surface area contributed by atoms with Gasteiger partial charge in [-0.1, -0.05) is 19.9 Å². The number of piperazine rings is 1. The first-order valence-electron chi connectivity index (χ1n) is 14.7. The number of fused-ring (bicyclic) bond motifs is 9. The fourth-order valence-corrected chi connectivity index (χ4v) is 7.59. The molecule has 0 saturated carbocycles. The Kier molecular flexibility index (Phi) is 7.24. The van der Waals surface area contributed by atoms with Crippen LogP contribution in [0.1, 0.15) is 64.9 Å². The molecule has 4 aliphatic rings. The van der Waals surface area contributed by atoms with Crippen LogP contribution < -0.4 is 19.5 Å². The van der Waals surface area contributed by atoms with Crippen LogP contribution in [0.15, 0.2) is 6.07 Å². The van der Waals surface area contributed by atoms with E-state index in [4.69, 9.17) is 18.9 Å². The molecule has 10 heteroatoms. The zero-order chi connectivity index (χ0) is 30.0. The van der Waals surface area contributed by atoms with Gasteiger partial charge in [-0.25, -0.2) is 0 Å². The first-order valence-corrected chi connectivity index (χ1v) is 14.7. The van der Waals surface area contributed by atoms with Crippen molar-refractivity contribution >= 4 is 5.91 Å². The molecule has 2 aromatic carbocycles. The monoisotopic (exact) mass is 576 g/mol. The normalized spacial score (nSPS) is 25.8. The number of nitriles is 1. The molecular weight excluding hydrogens is 536 g/mol. The molecule has 42 heavy (non-hydrogen) atoms. The summed E-state index contributed by atoms with van der Waals surface area (Å²) in [5.74, 6) is 1.85. The predicted molar refractivity (Wildman–Crippen MR) is 155 cm³/mol. The van der Waals surface area contributed by atoms with E-state index in [1.807, 2.05) is 20.8 Å². The molecule has 1 saturated heterocycles. The van der Waals surface area contributed by atoms with E-state index in [1.165, 1.54) is 5.56 Å². The Bertz CT molecular complexity index is 1480. The lowest BCUT2D eigenvalue weighted by Crippen LogP contribution is -2.68. The molecule has 2 bridgehead atoms. The molecule has 0 radical (unpaired) electrons. The van der Waals surface area contributed by atoms with Gasteiger partial charge in [0, 0.05) is 53.9 Å². The summed E-state index contributed by atoms with van der Waals surface area (Å²) in [7, 11) is 3.70. The highest BCUT2D eigenvalue weighted by molar-refractivity contribution is 5.78. The highest BCUT2D eigenvalue weighted by Gasteiger charge is 2.56. The molecule has 1 fully saturated rings. The van der Waals surface area contributed by atoms with Crippen molar-refractivity contribution in [1.82, 2.24) is 15.1 Å². The lowest BCUT2D eigenvalue weighted by molar-refractivity contribution is -0.125. The number of likely N-dealkylation sites (N-methyl/N-ethyl adjacent to an activating group) is 1. The van der Waals surface area contributed by atoms with Gasteiger partial charge >= 0.3 is 0 Å². The maximum atomic E-state index is 12.9. The number of phenols is 1. The second-order valence-corrected chi connectivity index (χ2v) is 12.3. The van der Waals surface area contributed by atoms with E-state index in [1.54, 1.807) is 7.11 Å². The highest BCUT2D eigenvalue weighted by atomic mass is 16.7. The molecule has 4 aliphatic heterocycles. The first-order chi connectivity index (χ1) is 20.1. The smallest absolute Gasteiger partial charge is 0.231 e. The summed E-state index contributed by atoms with van der Waals surface area (Å²) in [6, 6.07) is 3.59. The number of rotatable bonds is 6. The van der Waals surface area contributed by atoms with Gasteiger partial charge in [0.1, 0.15) is 17.5 Å². The molecule has 4 heterocycles. The molecule has 10 nitrogen and oxygen atoms in total. The number of amides is 1. The summed E-state index contributed by atoms with van der Waals surface area (Å²) in [4.78, 5) is 17.4. The summed E-state index contributed by atoms with van der Waals surface area (Å²) in [6.07, 6.45) is 1.17. The number of methoxy groups -OCH3 is 1. The van der Waals surface area contributed by atoms with Crippen molar-refractivity contribution in [3.63, 3.8) is 0 Å². The SMILES string of the molecule is COCOc1c(C)c(C)cc2c1[C@@H]1C3Cc4c(O)c(C)c5c(c4[C@H](CNC(=O)C(C)C)N3[C@@H](C#N)[C@@H](C2)N1C)OCO5. The fraction of sp³-hybridized carbons (Fsp3) is 0.562. The third-order valence-corrected chi connectivity index (χ3v) is 9.75. The molecule has 5 atom stereocenters. The van der Waals surface area contributed by atoms with Gasteiger partial charge in [0.05, 0.1) is 18.2 Å². The van der Waals surface area contributed by atoms with Gasteiger partial charge in [0.2, 0.25) is 12.7 Å². The van der Waals surface area contributed by atoms with Crippen molar-refractivity contribution in [3.05, 3.63) is 45.0 Å². The number of aryl methyl sites for hydroxylation is 1. The minimum absolute atomic E-state index is 0.0580. The van der Waals surface area contributed by atoms with Crippen LogP contribution in [0, 0.1) is 38.0 Å². The molecule has 0 spiro atoms. The Morgan fingerprint density at radius 2 is 1.90 bits per heavy atom. The maximum absolute atomic E-state index is 12.9. The van der Waals surface area contributed by atoms with Gasteiger partial charge in [-0.2, -0.15) is 5.26 Å². The zero-order valence-corrected chi connectivity index (χ0v) is 25.4. The Balaban J connectivity index is 1.57. The highest BCUT2D eigenvalue weighted by Crippen LogP contribution is 2.57. The van der Waals surface area contributed by atoms with Crippen LogP contribution in [-0.2, 0) is 22.4 Å². The lowest BCUT2D eigenvalue weighted by Gasteiger charge is -2.60. The first kappa shape index (κ1) is 28.6. The number of carbonyl (C=O) groups excluding carboxylic acids is 1. The third-order valence-electron chi connectivity index (χ3n) is 9.75. The van der Waals surface area contributed by atoms with Crippen LogP contribution >= 0.6 is 0 Å². The summed E-state index contributed by atoms with van der Waals surface area (Å²) >= 11 is 0.